The largest absolute Gasteiger partial charge is 0.314 e. The Labute approximate surface area is 128 Å². The number of benzene rings is 1. The van der Waals surface area contributed by atoms with Gasteiger partial charge in [-0.15, -0.1) is 0 Å². The van der Waals surface area contributed by atoms with Crippen molar-refractivity contribution in [2.24, 2.45) is 7.05 Å². The Kier molecular flexibility index (Phi) is 4.22. The number of aryl methyl sites for hydroxylation is 1. The molecular formula is C16H20BrN3. The molecule has 1 fully saturated rings. The Morgan fingerprint density at radius 3 is 2.95 bits per heavy atom. The van der Waals surface area contributed by atoms with E-state index in [-0.39, 0.29) is 0 Å². The third-order valence-corrected chi connectivity index (χ3v) is 4.56. The van der Waals surface area contributed by atoms with Gasteiger partial charge < -0.3 is 5.32 Å². The monoisotopic (exact) mass is 333 g/mol. The predicted molar refractivity (Wildman–Crippen MR) is 84.8 cm³/mol. The third kappa shape index (κ3) is 3.30. The Balaban J connectivity index is 1.40. The molecule has 1 aromatic carbocycles. The third-order valence-electron chi connectivity index (χ3n) is 4.06. The van der Waals surface area contributed by atoms with E-state index in [2.05, 4.69) is 56.8 Å². The molecule has 1 saturated carbocycles. The second kappa shape index (κ2) is 6.10. The molecule has 3 rings (SSSR count). The van der Waals surface area contributed by atoms with E-state index in [0.717, 1.165) is 18.9 Å². The molecule has 0 spiro atoms. The molecule has 20 heavy (non-hydrogen) atoms. The van der Waals surface area contributed by atoms with Crippen LogP contribution in [0.4, 0.5) is 0 Å². The van der Waals surface area contributed by atoms with Crippen molar-refractivity contribution < 1.29 is 0 Å². The first-order valence-electron chi connectivity index (χ1n) is 7.17. The minimum atomic E-state index is 0.677. The lowest BCUT2D eigenvalue weighted by Gasteiger charge is -2.36. The summed E-state index contributed by atoms with van der Waals surface area (Å²) >= 11 is 3.55. The maximum absolute atomic E-state index is 4.19. The van der Waals surface area contributed by atoms with Crippen LogP contribution in [0.3, 0.4) is 0 Å². The van der Waals surface area contributed by atoms with Crippen LogP contribution < -0.4 is 5.32 Å². The molecule has 0 unspecified atom stereocenters. The van der Waals surface area contributed by atoms with Gasteiger partial charge in [-0.1, -0.05) is 28.1 Å². The van der Waals surface area contributed by atoms with Crippen molar-refractivity contribution in [3.8, 4) is 0 Å². The summed E-state index contributed by atoms with van der Waals surface area (Å²) in [5.74, 6) is 0.725. The lowest BCUT2D eigenvalue weighted by atomic mass is 9.76. The number of hydrogen-bond acceptors (Lipinski definition) is 2. The molecule has 1 N–H and O–H groups in total. The highest BCUT2D eigenvalue weighted by molar-refractivity contribution is 9.10. The maximum atomic E-state index is 4.19. The van der Waals surface area contributed by atoms with Crippen LogP contribution in [0, 0.1) is 0 Å². The summed E-state index contributed by atoms with van der Waals surface area (Å²) in [5, 5.41) is 7.84. The molecule has 0 radical (unpaired) electrons. The fourth-order valence-electron chi connectivity index (χ4n) is 2.84. The molecule has 1 aliphatic rings. The summed E-state index contributed by atoms with van der Waals surface area (Å²) in [7, 11) is 1.96. The number of aromatic nitrogens is 2. The predicted octanol–water partition coefficient (Wildman–Crippen LogP) is 3.26. The van der Waals surface area contributed by atoms with E-state index >= 15 is 0 Å². The van der Waals surface area contributed by atoms with Gasteiger partial charge in [0.1, 0.15) is 0 Å². The summed E-state index contributed by atoms with van der Waals surface area (Å²) in [6.45, 7) is 1.04. The lowest BCUT2D eigenvalue weighted by molar-refractivity contribution is 0.292. The van der Waals surface area contributed by atoms with Gasteiger partial charge in [-0.25, -0.2) is 0 Å². The van der Waals surface area contributed by atoms with Gasteiger partial charge in [0.2, 0.25) is 0 Å². The number of nitrogens with one attached hydrogen (secondary N) is 1. The van der Waals surface area contributed by atoms with Gasteiger partial charge in [-0.05, 0) is 55.0 Å². The fraction of sp³-hybridized carbons (Fsp3) is 0.438. The van der Waals surface area contributed by atoms with Crippen LogP contribution in [-0.2, 0) is 13.5 Å². The molecule has 3 nitrogen and oxygen atoms in total. The van der Waals surface area contributed by atoms with Crippen molar-refractivity contribution in [2.45, 2.75) is 31.2 Å². The molecule has 4 heteroatoms. The minimum absolute atomic E-state index is 0.677. The molecule has 0 atom stereocenters. The zero-order valence-corrected chi connectivity index (χ0v) is 13.3. The first-order chi connectivity index (χ1) is 9.70. The smallest absolute Gasteiger partial charge is 0.0522 e. The van der Waals surface area contributed by atoms with Gasteiger partial charge in [-0.3, -0.25) is 4.68 Å². The van der Waals surface area contributed by atoms with Gasteiger partial charge in [-0.2, -0.15) is 5.10 Å². The van der Waals surface area contributed by atoms with E-state index < -0.39 is 0 Å². The number of rotatable bonds is 5. The molecule has 0 bridgehead atoms. The first kappa shape index (κ1) is 13.8. The SMILES string of the molecule is Cn1cc(CCNC2CC(c3cccc(Br)c3)C2)cn1. The molecule has 106 valence electrons. The van der Waals surface area contributed by atoms with Crippen molar-refractivity contribution in [1.29, 1.82) is 0 Å². The Bertz CT molecular complexity index is 573. The highest BCUT2D eigenvalue weighted by Crippen LogP contribution is 2.37. The van der Waals surface area contributed by atoms with Crippen LogP contribution in [0.25, 0.3) is 0 Å². The van der Waals surface area contributed by atoms with Gasteiger partial charge >= 0.3 is 0 Å². The highest BCUT2D eigenvalue weighted by atomic mass is 79.9. The van der Waals surface area contributed by atoms with Crippen LogP contribution in [0.2, 0.25) is 0 Å². The quantitative estimate of drug-likeness (QED) is 0.910. The van der Waals surface area contributed by atoms with E-state index in [1.165, 1.54) is 28.4 Å². The Hall–Kier alpha value is -1.13. The first-order valence-corrected chi connectivity index (χ1v) is 7.96. The second-order valence-corrected chi connectivity index (χ2v) is 6.56. The number of nitrogens with zero attached hydrogens (tertiary/aromatic N) is 2. The van der Waals surface area contributed by atoms with Crippen LogP contribution in [0.5, 0.6) is 0 Å². The average molecular weight is 334 g/mol. The standard InChI is InChI=1S/C16H20BrN3/c1-20-11-12(10-19-20)5-6-18-16-8-14(9-16)13-3-2-4-15(17)7-13/h2-4,7,10-11,14,16,18H,5-6,8-9H2,1H3. The van der Waals surface area contributed by atoms with E-state index in [9.17, 15) is 0 Å². The van der Waals surface area contributed by atoms with E-state index in [4.69, 9.17) is 0 Å². The number of halogens is 1. The lowest BCUT2D eigenvalue weighted by Crippen LogP contribution is -2.40. The van der Waals surface area contributed by atoms with E-state index in [1.54, 1.807) is 0 Å². The highest BCUT2D eigenvalue weighted by Gasteiger charge is 2.29. The van der Waals surface area contributed by atoms with Crippen molar-refractivity contribution in [1.82, 2.24) is 15.1 Å². The Morgan fingerprint density at radius 1 is 1.40 bits per heavy atom. The molecular weight excluding hydrogens is 314 g/mol. The fourth-order valence-corrected chi connectivity index (χ4v) is 3.26. The van der Waals surface area contributed by atoms with Gasteiger partial charge in [0.25, 0.3) is 0 Å². The van der Waals surface area contributed by atoms with Gasteiger partial charge in [0.05, 0.1) is 6.20 Å². The summed E-state index contributed by atoms with van der Waals surface area (Å²) < 4.78 is 3.05. The average Bonchev–Trinajstić information content (AvgIpc) is 2.78. The van der Waals surface area contributed by atoms with Crippen LogP contribution >= 0.6 is 15.9 Å². The number of hydrogen-bond donors (Lipinski definition) is 1. The van der Waals surface area contributed by atoms with Crippen LogP contribution in [0.1, 0.15) is 29.9 Å². The second-order valence-electron chi connectivity index (χ2n) is 5.65. The molecule has 1 aromatic heterocycles. The van der Waals surface area contributed by atoms with E-state index in [1.807, 2.05) is 17.9 Å². The van der Waals surface area contributed by atoms with Crippen LogP contribution in [0.15, 0.2) is 41.1 Å². The molecule has 1 aliphatic carbocycles. The normalized spacial score (nSPS) is 21.7. The minimum Gasteiger partial charge on any atom is -0.314 e. The summed E-state index contributed by atoms with van der Waals surface area (Å²) in [6.07, 6.45) is 7.61. The van der Waals surface area contributed by atoms with Gasteiger partial charge in [0.15, 0.2) is 0 Å². The molecule has 0 amide bonds. The zero-order valence-electron chi connectivity index (χ0n) is 11.7. The maximum Gasteiger partial charge on any atom is 0.0522 e. The molecule has 0 saturated heterocycles. The Morgan fingerprint density at radius 2 is 2.25 bits per heavy atom. The van der Waals surface area contributed by atoms with E-state index in [0.29, 0.717) is 6.04 Å². The summed E-state index contributed by atoms with van der Waals surface area (Å²) in [6, 6.07) is 9.38. The zero-order chi connectivity index (χ0) is 13.9. The van der Waals surface area contributed by atoms with Crippen LogP contribution in [-0.4, -0.2) is 22.4 Å². The topological polar surface area (TPSA) is 29.9 Å². The molecule has 1 heterocycles. The summed E-state index contributed by atoms with van der Waals surface area (Å²) in [4.78, 5) is 0. The summed E-state index contributed by atoms with van der Waals surface area (Å²) in [5.41, 5.74) is 2.77. The van der Waals surface area contributed by atoms with Crippen molar-refractivity contribution in [2.75, 3.05) is 6.54 Å². The molecule has 0 aliphatic heterocycles. The molecule has 2 aromatic rings. The van der Waals surface area contributed by atoms with Crippen molar-refractivity contribution in [3.63, 3.8) is 0 Å². The van der Waals surface area contributed by atoms with Crippen molar-refractivity contribution >= 4 is 15.9 Å². The van der Waals surface area contributed by atoms with Gasteiger partial charge in [0, 0.05) is 23.8 Å². The van der Waals surface area contributed by atoms with Crippen molar-refractivity contribution in [3.05, 3.63) is 52.3 Å².